The molecule has 3 N–H and O–H groups in total. The molecule has 0 aliphatic heterocycles. The Morgan fingerprint density at radius 2 is 2.04 bits per heavy atom. The third-order valence-corrected chi connectivity index (χ3v) is 2.88. The Kier molecular flexibility index (Phi) is 4.09. The van der Waals surface area contributed by atoms with E-state index in [0.29, 0.717) is 5.76 Å². The maximum atomic E-state index is 11.9. The molecule has 1 aromatic carbocycles. The van der Waals surface area contributed by atoms with Crippen molar-refractivity contribution < 1.29 is 14.1 Å². The number of benzene rings is 1. The van der Waals surface area contributed by atoms with Crippen molar-refractivity contribution in [2.24, 2.45) is 0 Å². The topological polar surface area (TPSA) is 126 Å². The van der Waals surface area contributed by atoms with Crippen molar-refractivity contribution in [3.8, 4) is 11.3 Å². The van der Waals surface area contributed by atoms with Gasteiger partial charge in [-0.2, -0.15) is 10.1 Å². The molecule has 9 nitrogen and oxygen atoms in total. The summed E-state index contributed by atoms with van der Waals surface area (Å²) >= 11 is 0. The number of nitrogens with one attached hydrogen (secondary N) is 3. The fourth-order valence-corrected chi connectivity index (χ4v) is 1.81. The molecule has 0 bridgehead atoms. The smallest absolute Gasteiger partial charge is 0.273 e. The van der Waals surface area contributed by atoms with E-state index in [2.05, 4.69) is 31.0 Å². The number of hydrogen-bond donors (Lipinski definition) is 3. The highest BCUT2D eigenvalue weighted by Gasteiger charge is 2.14. The number of rotatable bonds is 5. The van der Waals surface area contributed by atoms with Gasteiger partial charge in [0.2, 0.25) is 11.9 Å². The second-order valence-corrected chi connectivity index (χ2v) is 4.51. The third-order valence-electron chi connectivity index (χ3n) is 2.88. The van der Waals surface area contributed by atoms with Crippen molar-refractivity contribution in [2.75, 3.05) is 11.9 Å². The predicted octanol–water partition coefficient (Wildman–Crippen LogP) is 0.828. The molecule has 0 fully saturated rings. The number of amides is 2. The van der Waals surface area contributed by atoms with E-state index in [1.165, 1.54) is 12.4 Å². The third kappa shape index (κ3) is 3.59. The molecule has 0 aliphatic rings. The standard InChI is InChI=1S/C14H12N6O3/c21-12(18-14-16-8-17-19-14)7-15-13(22)10-6-11(23-20-10)9-4-2-1-3-5-9/h1-6,8H,7H2,(H,15,22)(H2,16,17,18,19,21). The Balaban J connectivity index is 1.56. The molecule has 3 rings (SSSR count). The number of hydrogen-bond acceptors (Lipinski definition) is 6. The van der Waals surface area contributed by atoms with E-state index in [4.69, 9.17) is 4.52 Å². The molecule has 9 heteroatoms. The maximum absolute atomic E-state index is 11.9. The van der Waals surface area contributed by atoms with Crippen LogP contribution < -0.4 is 10.6 Å². The van der Waals surface area contributed by atoms with Gasteiger partial charge in [-0.05, 0) is 0 Å². The molecule has 0 unspecified atom stereocenters. The molecule has 2 aromatic heterocycles. The van der Waals surface area contributed by atoms with Crippen LogP contribution in [0.3, 0.4) is 0 Å². The van der Waals surface area contributed by atoms with E-state index >= 15 is 0 Å². The quantitative estimate of drug-likeness (QED) is 0.640. The van der Waals surface area contributed by atoms with Gasteiger partial charge in [0, 0.05) is 11.6 Å². The lowest BCUT2D eigenvalue weighted by molar-refractivity contribution is -0.115. The van der Waals surface area contributed by atoms with Gasteiger partial charge in [0.15, 0.2) is 11.5 Å². The minimum absolute atomic E-state index is 0.0938. The lowest BCUT2D eigenvalue weighted by Crippen LogP contribution is -2.33. The second kappa shape index (κ2) is 6.52. The number of H-pyrrole nitrogens is 1. The van der Waals surface area contributed by atoms with E-state index in [1.807, 2.05) is 30.3 Å². The van der Waals surface area contributed by atoms with Crippen LogP contribution in [0.25, 0.3) is 11.3 Å². The van der Waals surface area contributed by atoms with Gasteiger partial charge in [0.25, 0.3) is 5.91 Å². The van der Waals surface area contributed by atoms with Crippen molar-refractivity contribution in [3.05, 3.63) is 48.4 Å². The molecule has 0 saturated carbocycles. The highest BCUT2D eigenvalue weighted by atomic mass is 16.5. The van der Waals surface area contributed by atoms with Crippen molar-refractivity contribution in [1.82, 2.24) is 25.7 Å². The van der Waals surface area contributed by atoms with Crippen LogP contribution in [-0.4, -0.2) is 38.7 Å². The highest BCUT2D eigenvalue weighted by Crippen LogP contribution is 2.19. The van der Waals surface area contributed by atoms with Crippen LogP contribution in [0.5, 0.6) is 0 Å². The lowest BCUT2D eigenvalue weighted by atomic mass is 10.1. The van der Waals surface area contributed by atoms with E-state index in [9.17, 15) is 9.59 Å². The average molecular weight is 312 g/mol. The van der Waals surface area contributed by atoms with Crippen LogP contribution >= 0.6 is 0 Å². The van der Waals surface area contributed by atoms with Gasteiger partial charge in [0.1, 0.15) is 6.33 Å². The predicted molar refractivity (Wildman–Crippen MR) is 79.3 cm³/mol. The van der Waals surface area contributed by atoms with Crippen molar-refractivity contribution in [3.63, 3.8) is 0 Å². The van der Waals surface area contributed by atoms with Crippen LogP contribution in [-0.2, 0) is 4.79 Å². The Morgan fingerprint density at radius 1 is 1.22 bits per heavy atom. The molecule has 116 valence electrons. The maximum Gasteiger partial charge on any atom is 0.273 e. The van der Waals surface area contributed by atoms with Gasteiger partial charge in [-0.15, -0.1) is 0 Å². The first-order chi connectivity index (χ1) is 11.2. The molecular weight excluding hydrogens is 300 g/mol. The van der Waals surface area contributed by atoms with E-state index in [-0.39, 0.29) is 18.2 Å². The molecule has 2 amide bonds. The summed E-state index contributed by atoms with van der Waals surface area (Å²) in [6, 6.07) is 10.8. The number of anilines is 1. The zero-order valence-electron chi connectivity index (χ0n) is 11.8. The van der Waals surface area contributed by atoms with Crippen molar-refractivity contribution in [1.29, 1.82) is 0 Å². The summed E-state index contributed by atoms with van der Waals surface area (Å²) in [5, 5.41) is 14.6. The van der Waals surface area contributed by atoms with Crippen molar-refractivity contribution >= 4 is 17.8 Å². The minimum atomic E-state index is -0.511. The Labute approximate surface area is 130 Å². The Hall–Kier alpha value is -3.49. The first kappa shape index (κ1) is 14.4. The van der Waals surface area contributed by atoms with E-state index in [1.54, 1.807) is 0 Å². The summed E-state index contributed by atoms with van der Waals surface area (Å²) in [5.74, 6) is -0.274. The zero-order valence-corrected chi connectivity index (χ0v) is 11.8. The van der Waals surface area contributed by atoms with Gasteiger partial charge in [-0.25, -0.2) is 5.10 Å². The van der Waals surface area contributed by atoms with Crippen LogP contribution in [0.1, 0.15) is 10.5 Å². The largest absolute Gasteiger partial charge is 0.355 e. The minimum Gasteiger partial charge on any atom is -0.355 e. The SMILES string of the molecule is O=C(CNC(=O)c1cc(-c2ccccc2)on1)Nc1ncn[nH]1. The first-order valence-electron chi connectivity index (χ1n) is 6.68. The van der Waals surface area contributed by atoms with Crippen LogP contribution in [0.15, 0.2) is 47.2 Å². The van der Waals surface area contributed by atoms with Gasteiger partial charge in [-0.1, -0.05) is 35.5 Å². The lowest BCUT2D eigenvalue weighted by Gasteiger charge is -2.02. The van der Waals surface area contributed by atoms with Crippen LogP contribution in [0, 0.1) is 0 Å². The first-order valence-corrected chi connectivity index (χ1v) is 6.68. The molecule has 0 saturated heterocycles. The summed E-state index contributed by atoms with van der Waals surface area (Å²) in [6.45, 7) is -0.229. The van der Waals surface area contributed by atoms with Gasteiger partial charge >= 0.3 is 0 Å². The number of aromatic amines is 1. The molecule has 3 aromatic rings. The molecule has 0 spiro atoms. The van der Waals surface area contributed by atoms with Gasteiger partial charge < -0.3 is 9.84 Å². The Morgan fingerprint density at radius 3 is 2.78 bits per heavy atom. The number of aromatic nitrogens is 4. The summed E-state index contributed by atoms with van der Waals surface area (Å²) in [6.07, 6.45) is 1.26. The monoisotopic (exact) mass is 312 g/mol. The van der Waals surface area contributed by atoms with Crippen LogP contribution in [0.4, 0.5) is 5.95 Å². The summed E-state index contributed by atoms with van der Waals surface area (Å²) < 4.78 is 5.13. The summed E-state index contributed by atoms with van der Waals surface area (Å²) in [7, 11) is 0. The molecule has 0 aliphatic carbocycles. The molecular formula is C14H12N6O3. The highest BCUT2D eigenvalue weighted by molar-refractivity contribution is 5.98. The van der Waals surface area contributed by atoms with Crippen molar-refractivity contribution in [2.45, 2.75) is 0 Å². The normalized spacial score (nSPS) is 10.3. The fraction of sp³-hybridized carbons (Fsp3) is 0.0714. The number of carbonyl (C=O) groups excluding carboxylic acids is 2. The fourth-order valence-electron chi connectivity index (χ4n) is 1.81. The Bertz CT molecular complexity index is 797. The molecule has 0 atom stereocenters. The second-order valence-electron chi connectivity index (χ2n) is 4.51. The van der Waals surface area contributed by atoms with Gasteiger partial charge in [0.05, 0.1) is 6.54 Å². The molecule has 23 heavy (non-hydrogen) atoms. The van der Waals surface area contributed by atoms with E-state index in [0.717, 1.165) is 5.56 Å². The van der Waals surface area contributed by atoms with Gasteiger partial charge in [-0.3, -0.25) is 14.9 Å². The van der Waals surface area contributed by atoms with E-state index < -0.39 is 11.8 Å². The number of nitrogens with zero attached hydrogens (tertiary/aromatic N) is 3. The molecule has 0 radical (unpaired) electrons. The summed E-state index contributed by atoms with van der Waals surface area (Å²) in [4.78, 5) is 27.3. The van der Waals surface area contributed by atoms with Crippen LogP contribution in [0.2, 0.25) is 0 Å². The number of carbonyl (C=O) groups is 2. The average Bonchev–Trinajstić information content (AvgIpc) is 3.25. The summed E-state index contributed by atoms with van der Waals surface area (Å²) in [5.41, 5.74) is 0.901. The zero-order chi connectivity index (χ0) is 16.1. The molecule has 2 heterocycles.